The van der Waals surface area contributed by atoms with Crippen molar-refractivity contribution in [3.05, 3.63) is 52.0 Å². The molecule has 3 heterocycles. The van der Waals surface area contributed by atoms with Gasteiger partial charge in [0.05, 0.1) is 18.5 Å². The van der Waals surface area contributed by atoms with Crippen LogP contribution in [-0.4, -0.2) is 59.1 Å². The molecule has 0 spiro atoms. The van der Waals surface area contributed by atoms with Crippen LogP contribution in [0.2, 0.25) is 0 Å². The number of hydrogen-bond donors (Lipinski definition) is 0. The number of ether oxygens (including phenoxy) is 1. The van der Waals surface area contributed by atoms with Crippen LogP contribution in [0.25, 0.3) is 11.4 Å². The number of carbonyl (C=O) groups is 1. The SMILES string of the molecule is COc1ccc(-c2noc(CN3CCN(C(=O)c4ccc(C)s4)CC3)n2)cc1. The van der Waals surface area contributed by atoms with Crippen LogP contribution < -0.4 is 4.74 Å². The Kier molecular flexibility index (Phi) is 5.40. The Morgan fingerprint density at radius 3 is 2.54 bits per heavy atom. The van der Waals surface area contributed by atoms with Gasteiger partial charge in [0.1, 0.15) is 5.75 Å². The van der Waals surface area contributed by atoms with Crippen molar-refractivity contribution >= 4 is 17.2 Å². The first kappa shape index (κ1) is 18.6. The summed E-state index contributed by atoms with van der Waals surface area (Å²) in [6.45, 7) is 5.59. The van der Waals surface area contributed by atoms with Gasteiger partial charge < -0.3 is 14.2 Å². The zero-order chi connectivity index (χ0) is 19.5. The lowest BCUT2D eigenvalue weighted by molar-refractivity contribution is 0.0620. The Labute approximate surface area is 167 Å². The lowest BCUT2D eigenvalue weighted by Gasteiger charge is -2.33. The molecule has 8 heteroatoms. The van der Waals surface area contributed by atoms with Crippen molar-refractivity contribution in [2.75, 3.05) is 33.3 Å². The third kappa shape index (κ3) is 4.07. The number of nitrogens with zero attached hydrogens (tertiary/aromatic N) is 4. The van der Waals surface area contributed by atoms with E-state index in [1.165, 1.54) is 0 Å². The standard InChI is InChI=1S/C20H22N4O3S/c1-14-3-8-17(28-14)20(25)24-11-9-23(10-12-24)13-18-21-19(22-27-18)15-4-6-16(26-2)7-5-15/h3-8H,9-13H2,1-2H3. The topological polar surface area (TPSA) is 71.7 Å². The number of piperazine rings is 1. The third-order valence-corrected chi connectivity index (χ3v) is 5.77. The van der Waals surface area contributed by atoms with Gasteiger partial charge >= 0.3 is 0 Å². The van der Waals surface area contributed by atoms with Crippen molar-refractivity contribution in [2.45, 2.75) is 13.5 Å². The molecule has 0 atom stereocenters. The second-order valence-electron chi connectivity index (χ2n) is 6.72. The maximum atomic E-state index is 12.6. The lowest BCUT2D eigenvalue weighted by atomic mass is 10.2. The summed E-state index contributed by atoms with van der Waals surface area (Å²) in [6.07, 6.45) is 0. The van der Waals surface area contributed by atoms with E-state index >= 15 is 0 Å². The molecule has 1 aliphatic heterocycles. The molecule has 2 aromatic heterocycles. The first-order chi connectivity index (χ1) is 13.6. The molecule has 28 heavy (non-hydrogen) atoms. The first-order valence-corrected chi connectivity index (χ1v) is 9.99. The molecule has 0 bridgehead atoms. The quantitative estimate of drug-likeness (QED) is 0.658. The first-order valence-electron chi connectivity index (χ1n) is 9.17. The van der Waals surface area contributed by atoms with Gasteiger partial charge in [-0.15, -0.1) is 11.3 Å². The van der Waals surface area contributed by atoms with Crippen molar-refractivity contribution in [3.63, 3.8) is 0 Å². The number of hydrogen-bond acceptors (Lipinski definition) is 7. The Morgan fingerprint density at radius 1 is 1.14 bits per heavy atom. The number of amides is 1. The van der Waals surface area contributed by atoms with Crippen molar-refractivity contribution in [1.29, 1.82) is 0 Å². The van der Waals surface area contributed by atoms with E-state index in [1.807, 2.05) is 48.2 Å². The smallest absolute Gasteiger partial charge is 0.264 e. The summed E-state index contributed by atoms with van der Waals surface area (Å²) in [5, 5.41) is 4.08. The lowest BCUT2D eigenvalue weighted by Crippen LogP contribution is -2.48. The fourth-order valence-corrected chi connectivity index (χ4v) is 4.02. The van der Waals surface area contributed by atoms with Crippen LogP contribution in [-0.2, 0) is 6.54 Å². The van der Waals surface area contributed by atoms with Gasteiger partial charge in [-0.25, -0.2) is 0 Å². The second kappa shape index (κ2) is 8.12. The van der Waals surface area contributed by atoms with E-state index in [4.69, 9.17) is 9.26 Å². The number of aromatic nitrogens is 2. The van der Waals surface area contributed by atoms with Crippen LogP contribution in [0.4, 0.5) is 0 Å². The summed E-state index contributed by atoms with van der Waals surface area (Å²) in [5.74, 6) is 2.06. The number of thiophene rings is 1. The Morgan fingerprint density at radius 2 is 1.89 bits per heavy atom. The Bertz CT molecular complexity index is 943. The van der Waals surface area contributed by atoms with Gasteiger partial charge in [-0.1, -0.05) is 5.16 Å². The molecule has 1 aliphatic rings. The average molecular weight is 398 g/mol. The number of aryl methyl sites for hydroxylation is 1. The van der Waals surface area contributed by atoms with E-state index < -0.39 is 0 Å². The minimum atomic E-state index is 0.123. The summed E-state index contributed by atoms with van der Waals surface area (Å²) in [6, 6.07) is 11.5. The van der Waals surface area contributed by atoms with Crippen LogP contribution >= 0.6 is 11.3 Å². The van der Waals surface area contributed by atoms with Gasteiger partial charge in [0.25, 0.3) is 5.91 Å². The molecule has 0 N–H and O–H groups in total. The van der Waals surface area contributed by atoms with E-state index in [2.05, 4.69) is 15.0 Å². The number of carbonyl (C=O) groups excluding carboxylic acids is 1. The van der Waals surface area contributed by atoms with Crippen LogP contribution in [0.3, 0.4) is 0 Å². The summed E-state index contributed by atoms with van der Waals surface area (Å²) < 4.78 is 10.6. The van der Waals surface area contributed by atoms with Gasteiger partial charge in [-0.3, -0.25) is 9.69 Å². The highest BCUT2D eigenvalue weighted by atomic mass is 32.1. The normalized spacial score (nSPS) is 15.0. The summed E-state index contributed by atoms with van der Waals surface area (Å²) >= 11 is 1.55. The Balaban J connectivity index is 1.32. The maximum absolute atomic E-state index is 12.6. The van der Waals surface area contributed by atoms with Gasteiger partial charge in [-0.2, -0.15) is 4.98 Å². The van der Waals surface area contributed by atoms with E-state index in [9.17, 15) is 4.79 Å². The fraction of sp³-hybridized carbons (Fsp3) is 0.350. The number of benzene rings is 1. The minimum Gasteiger partial charge on any atom is -0.497 e. The highest BCUT2D eigenvalue weighted by Gasteiger charge is 2.24. The fourth-order valence-electron chi connectivity index (χ4n) is 3.18. The molecule has 1 saturated heterocycles. The van der Waals surface area contributed by atoms with Crippen molar-refractivity contribution in [2.24, 2.45) is 0 Å². The van der Waals surface area contributed by atoms with Gasteiger partial charge in [0.15, 0.2) is 0 Å². The zero-order valence-electron chi connectivity index (χ0n) is 15.9. The molecule has 146 valence electrons. The van der Waals surface area contributed by atoms with Crippen LogP contribution in [0.1, 0.15) is 20.4 Å². The second-order valence-corrected chi connectivity index (χ2v) is 8.01. The van der Waals surface area contributed by atoms with E-state index in [-0.39, 0.29) is 5.91 Å². The summed E-state index contributed by atoms with van der Waals surface area (Å²) in [7, 11) is 1.64. The molecule has 1 amide bonds. The molecule has 0 unspecified atom stereocenters. The highest BCUT2D eigenvalue weighted by molar-refractivity contribution is 7.13. The Hall–Kier alpha value is -2.71. The molecule has 1 fully saturated rings. The van der Waals surface area contributed by atoms with Crippen LogP contribution in [0.15, 0.2) is 40.9 Å². The monoisotopic (exact) mass is 398 g/mol. The van der Waals surface area contributed by atoms with Crippen molar-refractivity contribution in [3.8, 4) is 17.1 Å². The molecule has 0 radical (unpaired) electrons. The van der Waals surface area contributed by atoms with Gasteiger partial charge in [0, 0.05) is 36.6 Å². The molecule has 4 rings (SSSR count). The third-order valence-electron chi connectivity index (χ3n) is 4.79. The summed E-state index contributed by atoms with van der Waals surface area (Å²) in [5.41, 5.74) is 0.887. The van der Waals surface area contributed by atoms with E-state index in [1.54, 1.807) is 18.4 Å². The average Bonchev–Trinajstić information content (AvgIpc) is 3.37. The van der Waals surface area contributed by atoms with Crippen molar-refractivity contribution < 1.29 is 14.1 Å². The van der Waals surface area contributed by atoms with E-state index in [0.717, 1.165) is 34.2 Å². The largest absolute Gasteiger partial charge is 0.497 e. The number of methoxy groups -OCH3 is 1. The molecule has 3 aromatic rings. The highest BCUT2D eigenvalue weighted by Crippen LogP contribution is 2.21. The minimum absolute atomic E-state index is 0.123. The van der Waals surface area contributed by atoms with Crippen LogP contribution in [0, 0.1) is 6.92 Å². The van der Waals surface area contributed by atoms with Gasteiger partial charge in [0.2, 0.25) is 11.7 Å². The molecule has 0 aliphatic carbocycles. The predicted octanol–water partition coefficient (Wildman–Crippen LogP) is 3.07. The summed E-state index contributed by atoms with van der Waals surface area (Å²) in [4.78, 5) is 23.2. The van der Waals surface area contributed by atoms with Crippen molar-refractivity contribution in [1.82, 2.24) is 19.9 Å². The molecule has 7 nitrogen and oxygen atoms in total. The molecular formula is C20H22N4O3S. The van der Waals surface area contributed by atoms with Crippen LogP contribution in [0.5, 0.6) is 5.75 Å². The number of rotatable bonds is 5. The zero-order valence-corrected chi connectivity index (χ0v) is 16.7. The van der Waals surface area contributed by atoms with E-state index in [0.29, 0.717) is 31.3 Å². The maximum Gasteiger partial charge on any atom is 0.264 e. The molecule has 1 aromatic carbocycles. The molecule has 0 saturated carbocycles. The van der Waals surface area contributed by atoms with Gasteiger partial charge in [-0.05, 0) is 43.3 Å². The predicted molar refractivity (Wildman–Crippen MR) is 107 cm³/mol. The molecular weight excluding hydrogens is 376 g/mol.